The second-order valence-corrected chi connectivity index (χ2v) is 4.35. The van der Waals surface area contributed by atoms with E-state index in [1.807, 2.05) is 0 Å². The summed E-state index contributed by atoms with van der Waals surface area (Å²) in [6.07, 6.45) is 1.99. The smallest absolute Gasteiger partial charge is 0.102 e. The van der Waals surface area contributed by atoms with Gasteiger partial charge in [-0.05, 0) is 23.6 Å². The van der Waals surface area contributed by atoms with Crippen LogP contribution in [0.2, 0.25) is 0 Å². The summed E-state index contributed by atoms with van der Waals surface area (Å²) in [6, 6.07) is 15.0. The maximum absolute atomic E-state index is 8.71. The molecule has 2 heteroatoms. The van der Waals surface area contributed by atoms with Gasteiger partial charge in [0.05, 0.1) is 6.54 Å². The Bertz CT molecular complexity index is 462. The van der Waals surface area contributed by atoms with Crippen molar-refractivity contribution in [3.05, 3.63) is 48.0 Å². The molecular weight excluding hydrogens is 210 g/mol. The Morgan fingerprint density at radius 2 is 1.76 bits per heavy atom. The van der Waals surface area contributed by atoms with E-state index in [1.54, 1.807) is 0 Å². The van der Waals surface area contributed by atoms with Crippen LogP contribution < -0.4 is 5.32 Å². The van der Waals surface area contributed by atoms with Crippen molar-refractivity contribution in [3.63, 3.8) is 0 Å². The Kier molecular flexibility index (Phi) is 4.54. The third-order valence-corrected chi connectivity index (χ3v) is 3.06. The molecule has 0 saturated carbocycles. The first kappa shape index (κ1) is 12.1. The molecule has 0 radical (unpaired) electrons. The lowest BCUT2D eigenvalue weighted by molar-refractivity contribution is -0.670. The quantitative estimate of drug-likeness (QED) is 0.728. The molecular formula is C15H20NO+. The summed E-state index contributed by atoms with van der Waals surface area (Å²) in [5.41, 5.74) is 1.40. The zero-order chi connectivity index (χ0) is 11.9. The van der Waals surface area contributed by atoms with Crippen LogP contribution in [0.4, 0.5) is 0 Å². The average molecular weight is 230 g/mol. The van der Waals surface area contributed by atoms with Gasteiger partial charge < -0.3 is 10.4 Å². The van der Waals surface area contributed by atoms with E-state index in [0.717, 1.165) is 25.9 Å². The number of fused-ring (bicyclic) bond motifs is 1. The summed E-state index contributed by atoms with van der Waals surface area (Å²) in [4.78, 5) is 0. The summed E-state index contributed by atoms with van der Waals surface area (Å²) in [5.74, 6) is 0. The number of aliphatic hydroxyl groups is 1. The van der Waals surface area contributed by atoms with Crippen LogP contribution in [0.1, 0.15) is 18.4 Å². The van der Waals surface area contributed by atoms with Crippen molar-refractivity contribution in [2.75, 3.05) is 13.2 Å². The van der Waals surface area contributed by atoms with E-state index in [4.69, 9.17) is 5.11 Å². The molecule has 0 bridgehead atoms. The third kappa shape index (κ3) is 3.29. The SMILES string of the molecule is OCCCC[NH2+]Cc1cccc2ccccc12. The van der Waals surface area contributed by atoms with Gasteiger partial charge in [0.2, 0.25) is 0 Å². The van der Waals surface area contributed by atoms with Crippen molar-refractivity contribution in [2.24, 2.45) is 0 Å². The minimum atomic E-state index is 0.308. The van der Waals surface area contributed by atoms with E-state index in [0.29, 0.717) is 6.61 Å². The lowest BCUT2D eigenvalue weighted by atomic mass is 10.0. The van der Waals surface area contributed by atoms with Gasteiger partial charge in [-0.1, -0.05) is 42.5 Å². The number of hydrogen-bond donors (Lipinski definition) is 2. The summed E-state index contributed by atoms with van der Waals surface area (Å²) < 4.78 is 0. The Morgan fingerprint density at radius 3 is 2.65 bits per heavy atom. The normalized spacial score (nSPS) is 10.9. The lowest BCUT2D eigenvalue weighted by Gasteiger charge is -2.05. The standard InChI is InChI=1S/C15H19NO/c17-11-4-3-10-16-12-14-8-5-7-13-6-1-2-9-15(13)14/h1-2,5-9,16-17H,3-4,10-12H2/p+1. The maximum atomic E-state index is 8.71. The first-order chi connectivity index (χ1) is 8.42. The van der Waals surface area contributed by atoms with Gasteiger partial charge in [-0.3, -0.25) is 0 Å². The van der Waals surface area contributed by atoms with Gasteiger partial charge in [-0.2, -0.15) is 0 Å². The van der Waals surface area contributed by atoms with E-state index in [1.165, 1.54) is 16.3 Å². The molecule has 17 heavy (non-hydrogen) atoms. The number of nitrogens with two attached hydrogens (primary N) is 1. The predicted molar refractivity (Wildman–Crippen MR) is 70.8 cm³/mol. The highest BCUT2D eigenvalue weighted by Crippen LogP contribution is 2.17. The number of rotatable bonds is 6. The van der Waals surface area contributed by atoms with Gasteiger partial charge in [0.25, 0.3) is 0 Å². The van der Waals surface area contributed by atoms with Crippen LogP contribution >= 0.6 is 0 Å². The first-order valence-corrected chi connectivity index (χ1v) is 6.31. The second kappa shape index (κ2) is 6.38. The highest BCUT2D eigenvalue weighted by molar-refractivity contribution is 5.85. The molecule has 0 atom stereocenters. The van der Waals surface area contributed by atoms with E-state index >= 15 is 0 Å². The molecule has 0 fully saturated rings. The van der Waals surface area contributed by atoms with Crippen LogP contribution in [0.5, 0.6) is 0 Å². The largest absolute Gasteiger partial charge is 0.396 e. The molecule has 0 unspecified atom stereocenters. The van der Waals surface area contributed by atoms with Crippen LogP contribution in [0.3, 0.4) is 0 Å². The summed E-state index contributed by atoms with van der Waals surface area (Å²) in [7, 11) is 0. The topological polar surface area (TPSA) is 36.8 Å². The van der Waals surface area contributed by atoms with E-state index < -0.39 is 0 Å². The van der Waals surface area contributed by atoms with Crippen molar-refractivity contribution in [1.82, 2.24) is 0 Å². The lowest BCUT2D eigenvalue weighted by Crippen LogP contribution is -2.82. The minimum absolute atomic E-state index is 0.308. The molecule has 0 aliphatic heterocycles. The molecule has 0 amide bonds. The van der Waals surface area contributed by atoms with Gasteiger partial charge in [-0.25, -0.2) is 0 Å². The molecule has 2 nitrogen and oxygen atoms in total. The Labute approximate surface area is 102 Å². The van der Waals surface area contributed by atoms with Gasteiger partial charge in [0.15, 0.2) is 0 Å². The number of benzene rings is 2. The van der Waals surface area contributed by atoms with Crippen molar-refractivity contribution < 1.29 is 10.4 Å². The fourth-order valence-corrected chi connectivity index (χ4v) is 2.13. The summed E-state index contributed by atoms with van der Waals surface area (Å²) in [5, 5.41) is 13.7. The monoisotopic (exact) mass is 230 g/mol. The highest BCUT2D eigenvalue weighted by atomic mass is 16.2. The van der Waals surface area contributed by atoms with E-state index in [2.05, 4.69) is 47.8 Å². The van der Waals surface area contributed by atoms with Gasteiger partial charge in [-0.15, -0.1) is 0 Å². The molecule has 2 aromatic carbocycles. The van der Waals surface area contributed by atoms with Crippen LogP contribution in [0, 0.1) is 0 Å². The number of quaternary nitrogens is 1. The van der Waals surface area contributed by atoms with Crippen molar-refractivity contribution >= 4 is 10.8 Å². The third-order valence-electron chi connectivity index (χ3n) is 3.06. The van der Waals surface area contributed by atoms with Gasteiger partial charge in [0, 0.05) is 12.2 Å². The van der Waals surface area contributed by atoms with Crippen molar-refractivity contribution in [1.29, 1.82) is 0 Å². The molecule has 3 N–H and O–H groups in total. The van der Waals surface area contributed by atoms with Crippen LogP contribution in [0.15, 0.2) is 42.5 Å². The molecule has 0 saturated heterocycles. The van der Waals surface area contributed by atoms with E-state index in [9.17, 15) is 0 Å². The molecule has 90 valence electrons. The Hall–Kier alpha value is -1.38. The first-order valence-electron chi connectivity index (χ1n) is 6.31. The highest BCUT2D eigenvalue weighted by Gasteiger charge is 2.01. The van der Waals surface area contributed by atoms with Gasteiger partial charge in [0.1, 0.15) is 6.54 Å². The Morgan fingerprint density at radius 1 is 0.941 bits per heavy atom. The summed E-state index contributed by atoms with van der Waals surface area (Å²) in [6.45, 7) is 2.42. The number of hydrogen-bond acceptors (Lipinski definition) is 1. The van der Waals surface area contributed by atoms with Crippen molar-refractivity contribution in [3.8, 4) is 0 Å². The molecule has 0 heterocycles. The van der Waals surface area contributed by atoms with Crippen molar-refractivity contribution in [2.45, 2.75) is 19.4 Å². The van der Waals surface area contributed by atoms with Gasteiger partial charge >= 0.3 is 0 Å². The van der Waals surface area contributed by atoms with Crippen LogP contribution in [-0.4, -0.2) is 18.3 Å². The molecule has 2 aromatic rings. The molecule has 0 aromatic heterocycles. The number of aliphatic hydroxyl groups excluding tert-OH is 1. The fourth-order valence-electron chi connectivity index (χ4n) is 2.13. The second-order valence-electron chi connectivity index (χ2n) is 4.35. The maximum Gasteiger partial charge on any atom is 0.102 e. The minimum Gasteiger partial charge on any atom is -0.396 e. The number of unbranched alkanes of at least 4 members (excludes halogenated alkanes) is 1. The van der Waals surface area contributed by atoms with Crippen LogP contribution in [-0.2, 0) is 6.54 Å². The van der Waals surface area contributed by atoms with Crippen LogP contribution in [0.25, 0.3) is 10.8 Å². The Balaban J connectivity index is 1.98. The van der Waals surface area contributed by atoms with E-state index in [-0.39, 0.29) is 0 Å². The average Bonchev–Trinajstić information content (AvgIpc) is 2.39. The molecule has 0 spiro atoms. The summed E-state index contributed by atoms with van der Waals surface area (Å²) >= 11 is 0. The predicted octanol–water partition coefficient (Wildman–Crippen LogP) is 1.68. The molecule has 0 aliphatic rings. The zero-order valence-electron chi connectivity index (χ0n) is 10.1. The molecule has 2 rings (SSSR count). The molecule has 0 aliphatic carbocycles. The fraction of sp³-hybridized carbons (Fsp3) is 0.333. The zero-order valence-corrected chi connectivity index (χ0v) is 10.1.